The standard InChI is InChI=1S/C13H13Cl2N3O2S/c1-16-7-9-5-10(14)6-12(13(9)15)21(19,20)18-11-3-2-4-17-8-11/h2-6,8,16,18H,7H2,1H3. The van der Waals surface area contributed by atoms with Gasteiger partial charge in [-0.3, -0.25) is 9.71 Å². The average Bonchev–Trinajstić information content (AvgIpc) is 2.43. The van der Waals surface area contributed by atoms with E-state index in [9.17, 15) is 8.42 Å². The number of rotatable bonds is 5. The zero-order valence-corrected chi connectivity index (χ0v) is 13.4. The molecule has 0 atom stereocenters. The van der Waals surface area contributed by atoms with Crippen LogP contribution in [0.3, 0.4) is 0 Å². The fourth-order valence-corrected chi connectivity index (χ4v) is 3.74. The van der Waals surface area contributed by atoms with Gasteiger partial charge in [-0.2, -0.15) is 0 Å². The Labute approximate surface area is 133 Å². The van der Waals surface area contributed by atoms with Gasteiger partial charge in [-0.25, -0.2) is 8.42 Å². The van der Waals surface area contributed by atoms with Crippen molar-refractivity contribution in [3.63, 3.8) is 0 Å². The van der Waals surface area contributed by atoms with Crippen LogP contribution in [0.2, 0.25) is 10.0 Å². The first-order valence-corrected chi connectivity index (χ1v) is 8.23. The van der Waals surface area contributed by atoms with Crippen LogP contribution in [0.1, 0.15) is 5.56 Å². The highest BCUT2D eigenvalue weighted by atomic mass is 35.5. The SMILES string of the molecule is CNCc1cc(Cl)cc(S(=O)(=O)Nc2cccnc2)c1Cl. The molecule has 0 aliphatic heterocycles. The Morgan fingerprint density at radius 2 is 2.05 bits per heavy atom. The maximum Gasteiger partial charge on any atom is 0.263 e. The first-order valence-electron chi connectivity index (χ1n) is 5.99. The Bertz CT molecular complexity index is 737. The van der Waals surface area contributed by atoms with Gasteiger partial charge < -0.3 is 5.32 Å². The van der Waals surface area contributed by atoms with Crippen LogP contribution in [-0.2, 0) is 16.6 Å². The molecule has 5 nitrogen and oxygen atoms in total. The number of halogens is 2. The van der Waals surface area contributed by atoms with Crippen molar-refractivity contribution in [2.45, 2.75) is 11.4 Å². The van der Waals surface area contributed by atoms with Gasteiger partial charge in [0.25, 0.3) is 10.0 Å². The van der Waals surface area contributed by atoms with Crippen molar-refractivity contribution in [2.24, 2.45) is 0 Å². The molecule has 0 unspecified atom stereocenters. The molecule has 1 aromatic heterocycles. The molecule has 0 aliphatic carbocycles. The Hall–Kier alpha value is -1.34. The predicted octanol–water partition coefficient (Wildman–Crippen LogP) is 2.91. The molecule has 1 aromatic carbocycles. The van der Waals surface area contributed by atoms with Crippen molar-refractivity contribution in [3.05, 3.63) is 52.3 Å². The van der Waals surface area contributed by atoms with E-state index in [1.165, 1.54) is 12.3 Å². The van der Waals surface area contributed by atoms with E-state index < -0.39 is 10.0 Å². The number of benzene rings is 1. The maximum absolute atomic E-state index is 12.4. The lowest BCUT2D eigenvalue weighted by Crippen LogP contribution is -2.15. The maximum atomic E-state index is 12.4. The molecule has 2 aromatic rings. The third-order valence-corrected chi connectivity index (χ3v) is 4.83. The quantitative estimate of drug-likeness (QED) is 0.873. The minimum absolute atomic E-state index is 0.0641. The van der Waals surface area contributed by atoms with Gasteiger partial charge in [0.1, 0.15) is 4.90 Å². The summed E-state index contributed by atoms with van der Waals surface area (Å²) in [5.74, 6) is 0. The third kappa shape index (κ3) is 3.85. The second-order valence-electron chi connectivity index (χ2n) is 4.25. The van der Waals surface area contributed by atoms with Crippen LogP contribution >= 0.6 is 23.2 Å². The molecule has 0 bridgehead atoms. The monoisotopic (exact) mass is 345 g/mol. The highest BCUT2D eigenvalue weighted by molar-refractivity contribution is 7.92. The summed E-state index contributed by atoms with van der Waals surface area (Å²) >= 11 is 12.2. The second-order valence-corrected chi connectivity index (χ2v) is 6.72. The summed E-state index contributed by atoms with van der Waals surface area (Å²) in [7, 11) is -2.11. The van der Waals surface area contributed by atoms with Crippen LogP contribution in [0.25, 0.3) is 0 Å². The minimum atomic E-state index is -3.84. The molecule has 1 heterocycles. The lowest BCUT2D eigenvalue weighted by molar-refractivity contribution is 0.601. The van der Waals surface area contributed by atoms with E-state index >= 15 is 0 Å². The fourth-order valence-electron chi connectivity index (χ4n) is 1.77. The van der Waals surface area contributed by atoms with Crippen LogP contribution in [0.15, 0.2) is 41.6 Å². The molecule has 0 radical (unpaired) electrons. The van der Waals surface area contributed by atoms with Crippen LogP contribution in [0, 0.1) is 0 Å². The molecule has 2 N–H and O–H groups in total. The lowest BCUT2D eigenvalue weighted by atomic mass is 10.2. The number of nitrogens with one attached hydrogen (secondary N) is 2. The second kappa shape index (κ2) is 6.62. The number of hydrogen-bond acceptors (Lipinski definition) is 4. The predicted molar refractivity (Wildman–Crippen MR) is 84.3 cm³/mol. The van der Waals surface area contributed by atoms with E-state index in [2.05, 4.69) is 15.0 Å². The number of nitrogens with zero attached hydrogens (tertiary/aromatic N) is 1. The molecular formula is C13H13Cl2N3O2S. The summed E-state index contributed by atoms with van der Waals surface area (Å²) in [5, 5.41) is 3.36. The van der Waals surface area contributed by atoms with E-state index in [4.69, 9.17) is 23.2 Å². The van der Waals surface area contributed by atoms with Gasteiger partial charge in [0.15, 0.2) is 0 Å². The van der Waals surface area contributed by atoms with Crippen LogP contribution in [-0.4, -0.2) is 20.4 Å². The molecule has 0 spiro atoms. The Balaban J connectivity index is 2.45. The minimum Gasteiger partial charge on any atom is -0.316 e. The summed E-state index contributed by atoms with van der Waals surface area (Å²) in [5.41, 5.74) is 0.960. The highest BCUT2D eigenvalue weighted by Crippen LogP contribution is 2.30. The molecule has 112 valence electrons. The van der Waals surface area contributed by atoms with Gasteiger partial charge in [-0.05, 0) is 36.9 Å². The molecule has 0 saturated carbocycles. The van der Waals surface area contributed by atoms with Crippen LogP contribution in [0.5, 0.6) is 0 Å². The van der Waals surface area contributed by atoms with Crippen molar-refractivity contribution in [2.75, 3.05) is 11.8 Å². The average molecular weight is 346 g/mol. The molecule has 0 amide bonds. The van der Waals surface area contributed by atoms with Crippen molar-refractivity contribution in [1.82, 2.24) is 10.3 Å². The number of sulfonamides is 1. The van der Waals surface area contributed by atoms with Crippen molar-refractivity contribution in [1.29, 1.82) is 0 Å². The Morgan fingerprint density at radius 3 is 2.67 bits per heavy atom. The number of aromatic nitrogens is 1. The molecule has 0 saturated heterocycles. The fraction of sp³-hybridized carbons (Fsp3) is 0.154. The highest BCUT2D eigenvalue weighted by Gasteiger charge is 2.21. The summed E-state index contributed by atoms with van der Waals surface area (Å²) in [6.45, 7) is 0.412. The van der Waals surface area contributed by atoms with Crippen molar-refractivity contribution >= 4 is 38.9 Å². The Kier molecular flexibility index (Phi) is 5.05. The van der Waals surface area contributed by atoms with Gasteiger partial charge in [-0.15, -0.1) is 0 Å². The molecule has 0 fully saturated rings. The van der Waals surface area contributed by atoms with Crippen LogP contribution < -0.4 is 10.0 Å². The van der Waals surface area contributed by atoms with E-state index in [0.29, 0.717) is 22.8 Å². The smallest absolute Gasteiger partial charge is 0.263 e. The van der Waals surface area contributed by atoms with Crippen molar-refractivity contribution in [3.8, 4) is 0 Å². The zero-order valence-electron chi connectivity index (χ0n) is 11.1. The van der Waals surface area contributed by atoms with E-state index in [1.807, 2.05) is 0 Å². The topological polar surface area (TPSA) is 71.1 Å². The normalized spacial score (nSPS) is 11.4. The zero-order chi connectivity index (χ0) is 15.5. The molecule has 21 heavy (non-hydrogen) atoms. The van der Waals surface area contributed by atoms with Gasteiger partial charge >= 0.3 is 0 Å². The summed E-state index contributed by atoms with van der Waals surface area (Å²) in [6, 6.07) is 6.17. The molecule has 0 aliphatic rings. The van der Waals surface area contributed by atoms with Gasteiger partial charge in [0.05, 0.1) is 16.9 Å². The largest absolute Gasteiger partial charge is 0.316 e. The lowest BCUT2D eigenvalue weighted by Gasteiger charge is -2.12. The van der Waals surface area contributed by atoms with Gasteiger partial charge in [0, 0.05) is 17.8 Å². The first kappa shape index (κ1) is 16.0. The first-order chi connectivity index (χ1) is 9.94. The number of hydrogen-bond donors (Lipinski definition) is 2. The Morgan fingerprint density at radius 1 is 1.29 bits per heavy atom. The summed E-state index contributed by atoms with van der Waals surface area (Å²) < 4.78 is 27.3. The van der Waals surface area contributed by atoms with Gasteiger partial charge in [0.2, 0.25) is 0 Å². The summed E-state index contributed by atoms with van der Waals surface area (Å²) in [4.78, 5) is 3.79. The van der Waals surface area contributed by atoms with Gasteiger partial charge in [-0.1, -0.05) is 23.2 Å². The number of pyridine rings is 1. The summed E-state index contributed by atoms with van der Waals surface area (Å²) in [6.07, 6.45) is 2.96. The molecule has 2 rings (SSSR count). The van der Waals surface area contributed by atoms with E-state index in [-0.39, 0.29) is 9.92 Å². The molecular weight excluding hydrogens is 333 g/mol. The van der Waals surface area contributed by atoms with Crippen molar-refractivity contribution < 1.29 is 8.42 Å². The third-order valence-electron chi connectivity index (χ3n) is 2.65. The number of anilines is 1. The van der Waals surface area contributed by atoms with E-state index in [1.54, 1.807) is 31.4 Å². The van der Waals surface area contributed by atoms with Crippen LogP contribution in [0.4, 0.5) is 5.69 Å². The molecule has 8 heteroatoms. The van der Waals surface area contributed by atoms with E-state index in [0.717, 1.165) is 0 Å².